The van der Waals surface area contributed by atoms with Gasteiger partial charge in [-0.25, -0.2) is 5.48 Å². The van der Waals surface area contributed by atoms with Crippen molar-refractivity contribution in [3.05, 3.63) is 0 Å². The molecule has 2 aliphatic rings. The van der Waals surface area contributed by atoms with Crippen LogP contribution in [0.15, 0.2) is 0 Å². The smallest absolute Gasteiger partial charge is 0.249 e. The Morgan fingerprint density at radius 2 is 2.07 bits per heavy atom. The minimum Gasteiger partial charge on any atom is -0.381 e. The summed E-state index contributed by atoms with van der Waals surface area (Å²) in [6, 6.07) is 0. The summed E-state index contributed by atoms with van der Waals surface area (Å²) in [4.78, 5) is 16.6. The third-order valence-electron chi connectivity index (χ3n) is 2.82. The van der Waals surface area contributed by atoms with Gasteiger partial charge in [-0.05, 0) is 12.8 Å². The number of hydroxylamine groups is 1. The second-order valence-corrected chi connectivity index (χ2v) is 4.07. The van der Waals surface area contributed by atoms with Crippen molar-refractivity contribution in [1.29, 1.82) is 0 Å². The lowest BCUT2D eigenvalue weighted by molar-refractivity contribution is -0.138. The zero-order chi connectivity index (χ0) is 10.5. The van der Waals surface area contributed by atoms with Crippen molar-refractivity contribution in [2.75, 3.05) is 33.0 Å². The van der Waals surface area contributed by atoms with Crippen LogP contribution in [0.3, 0.4) is 0 Å². The van der Waals surface area contributed by atoms with Gasteiger partial charge in [0, 0.05) is 19.1 Å². The molecule has 2 saturated heterocycles. The molecule has 2 atom stereocenters. The van der Waals surface area contributed by atoms with Crippen LogP contribution in [0.25, 0.3) is 0 Å². The van der Waals surface area contributed by atoms with Gasteiger partial charge in [0.2, 0.25) is 5.91 Å². The number of carbonyl (C=O) groups is 1. The molecule has 86 valence electrons. The molecule has 0 aromatic heterocycles. The molecule has 1 unspecified atom stereocenters. The van der Waals surface area contributed by atoms with Crippen LogP contribution in [-0.2, 0) is 19.1 Å². The molecule has 0 saturated carbocycles. The van der Waals surface area contributed by atoms with E-state index in [2.05, 4.69) is 5.48 Å². The quantitative estimate of drug-likeness (QED) is 0.676. The van der Waals surface area contributed by atoms with Crippen LogP contribution >= 0.6 is 0 Å². The van der Waals surface area contributed by atoms with Crippen molar-refractivity contribution in [2.45, 2.75) is 12.8 Å². The van der Waals surface area contributed by atoms with Gasteiger partial charge in [-0.15, -0.1) is 0 Å². The molecule has 0 aromatic rings. The van der Waals surface area contributed by atoms with Crippen LogP contribution in [-0.4, -0.2) is 38.9 Å². The highest BCUT2D eigenvalue weighted by atomic mass is 16.7. The largest absolute Gasteiger partial charge is 0.381 e. The van der Waals surface area contributed by atoms with E-state index in [1.807, 2.05) is 0 Å². The van der Waals surface area contributed by atoms with Crippen molar-refractivity contribution in [3.63, 3.8) is 0 Å². The number of rotatable bonds is 4. The summed E-state index contributed by atoms with van der Waals surface area (Å²) in [5.41, 5.74) is 2.48. The Bertz CT molecular complexity index is 209. The Hall–Kier alpha value is -0.650. The average Bonchev–Trinajstić information content (AvgIpc) is 2.90. The van der Waals surface area contributed by atoms with Crippen LogP contribution in [0, 0.1) is 11.8 Å². The van der Waals surface area contributed by atoms with Crippen molar-refractivity contribution in [1.82, 2.24) is 5.48 Å². The van der Waals surface area contributed by atoms with E-state index >= 15 is 0 Å². The first-order valence-electron chi connectivity index (χ1n) is 5.43. The van der Waals surface area contributed by atoms with Crippen LogP contribution in [0.2, 0.25) is 0 Å². The summed E-state index contributed by atoms with van der Waals surface area (Å²) in [5.74, 6) is 0.321. The van der Waals surface area contributed by atoms with Gasteiger partial charge in [-0.2, -0.15) is 0 Å². The van der Waals surface area contributed by atoms with Gasteiger partial charge in [0.05, 0.1) is 25.7 Å². The number of hydrogen-bond donors (Lipinski definition) is 1. The molecule has 2 rings (SSSR count). The van der Waals surface area contributed by atoms with E-state index in [9.17, 15) is 4.79 Å². The summed E-state index contributed by atoms with van der Waals surface area (Å²) in [7, 11) is 0. The molecule has 15 heavy (non-hydrogen) atoms. The van der Waals surface area contributed by atoms with Crippen molar-refractivity contribution >= 4 is 5.91 Å². The minimum absolute atomic E-state index is 0.0372. The maximum atomic E-state index is 11.5. The summed E-state index contributed by atoms with van der Waals surface area (Å²) in [6.45, 7) is 3.27. The first kappa shape index (κ1) is 10.9. The summed E-state index contributed by atoms with van der Waals surface area (Å²) < 4.78 is 10.3. The molecule has 0 radical (unpaired) electrons. The van der Waals surface area contributed by atoms with Crippen LogP contribution < -0.4 is 5.48 Å². The maximum absolute atomic E-state index is 11.5. The van der Waals surface area contributed by atoms with E-state index in [0.29, 0.717) is 25.7 Å². The lowest BCUT2D eigenvalue weighted by Crippen LogP contribution is -2.32. The Labute approximate surface area is 89.0 Å². The van der Waals surface area contributed by atoms with Crippen molar-refractivity contribution in [3.8, 4) is 0 Å². The molecular formula is C10H17NO4. The van der Waals surface area contributed by atoms with Gasteiger partial charge in [0.15, 0.2) is 0 Å². The van der Waals surface area contributed by atoms with Gasteiger partial charge in [0.1, 0.15) is 0 Å². The second-order valence-electron chi connectivity index (χ2n) is 4.07. The standard InChI is InChI=1S/C10H17NO4/c12-10(9-2-4-14-7-9)11-15-6-8-1-3-13-5-8/h8-9H,1-7H2,(H,11,12)/t8?,9-/m1/s1. The molecule has 1 N–H and O–H groups in total. The lowest BCUT2D eigenvalue weighted by atomic mass is 10.1. The number of amides is 1. The summed E-state index contributed by atoms with van der Waals surface area (Å²) in [5, 5.41) is 0. The highest BCUT2D eigenvalue weighted by Crippen LogP contribution is 2.13. The van der Waals surface area contributed by atoms with E-state index in [0.717, 1.165) is 26.1 Å². The fourth-order valence-electron chi connectivity index (χ4n) is 1.77. The van der Waals surface area contributed by atoms with Crippen LogP contribution in [0.4, 0.5) is 0 Å². The first-order valence-corrected chi connectivity index (χ1v) is 5.43. The minimum atomic E-state index is -0.0635. The molecule has 5 heteroatoms. The molecule has 0 aliphatic carbocycles. The topological polar surface area (TPSA) is 56.8 Å². The van der Waals surface area contributed by atoms with E-state index in [1.165, 1.54) is 0 Å². The van der Waals surface area contributed by atoms with Gasteiger partial charge < -0.3 is 9.47 Å². The van der Waals surface area contributed by atoms with Gasteiger partial charge in [-0.1, -0.05) is 0 Å². The molecular weight excluding hydrogens is 198 g/mol. The van der Waals surface area contributed by atoms with Crippen molar-refractivity contribution in [2.24, 2.45) is 11.8 Å². The Morgan fingerprint density at radius 3 is 2.73 bits per heavy atom. The normalized spacial score (nSPS) is 30.7. The van der Waals surface area contributed by atoms with E-state index in [1.54, 1.807) is 0 Å². The molecule has 0 bridgehead atoms. The van der Waals surface area contributed by atoms with Crippen LogP contribution in [0.5, 0.6) is 0 Å². The predicted octanol–water partition coefficient (Wildman–Crippen LogP) is 0.107. The Balaban J connectivity index is 1.58. The Morgan fingerprint density at radius 1 is 1.27 bits per heavy atom. The van der Waals surface area contributed by atoms with Gasteiger partial charge >= 0.3 is 0 Å². The summed E-state index contributed by atoms with van der Waals surface area (Å²) in [6.07, 6.45) is 1.81. The monoisotopic (exact) mass is 215 g/mol. The first-order chi connectivity index (χ1) is 7.36. The molecule has 2 fully saturated rings. The third-order valence-corrected chi connectivity index (χ3v) is 2.82. The highest BCUT2D eigenvalue weighted by molar-refractivity contribution is 5.77. The fourth-order valence-corrected chi connectivity index (χ4v) is 1.77. The fraction of sp³-hybridized carbons (Fsp3) is 0.900. The number of ether oxygens (including phenoxy) is 2. The summed E-state index contributed by atoms with van der Waals surface area (Å²) >= 11 is 0. The van der Waals surface area contributed by atoms with E-state index < -0.39 is 0 Å². The van der Waals surface area contributed by atoms with Crippen LogP contribution in [0.1, 0.15) is 12.8 Å². The lowest BCUT2D eigenvalue weighted by Gasteiger charge is -2.11. The molecule has 2 heterocycles. The third kappa shape index (κ3) is 3.15. The second kappa shape index (κ2) is 5.44. The highest BCUT2D eigenvalue weighted by Gasteiger charge is 2.24. The van der Waals surface area contributed by atoms with E-state index in [-0.39, 0.29) is 11.8 Å². The molecule has 5 nitrogen and oxygen atoms in total. The molecule has 0 spiro atoms. The van der Waals surface area contributed by atoms with E-state index in [4.69, 9.17) is 14.3 Å². The Kier molecular flexibility index (Phi) is 3.94. The molecule has 1 amide bonds. The molecule has 2 aliphatic heterocycles. The van der Waals surface area contributed by atoms with Crippen molar-refractivity contribution < 1.29 is 19.1 Å². The van der Waals surface area contributed by atoms with Gasteiger partial charge in [0.25, 0.3) is 0 Å². The average molecular weight is 215 g/mol. The predicted molar refractivity (Wildman–Crippen MR) is 51.9 cm³/mol. The zero-order valence-corrected chi connectivity index (χ0v) is 8.74. The maximum Gasteiger partial charge on any atom is 0.249 e. The number of hydrogen-bond acceptors (Lipinski definition) is 4. The number of carbonyl (C=O) groups excluding carboxylic acids is 1. The SMILES string of the molecule is O=C(NOCC1CCOC1)[C@@H]1CCOC1. The van der Waals surface area contributed by atoms with Gasteiger partial charge in [-0.3, -0.25) is 9.63 Å². The number of nitrogens with one attached hydrogen (secondary N) is 1. The zero-order valence-electron chi connectivity index (χ0n) is 8.74. The molecule has 0 aromatic carbocycles.